The molecule has 0 spiro atoms. The van der Waals surface area contributed by atoms with E-state index in [9.17, 15) is 0 Å². The van der Waals surface area contributed by atoms with Gasteiger partial charge in [0.1, 0.15) is 0 Å². The molecule has 3 heteroatoms. The van der Waals surface area contributed by atoms with Crippen LogP contribution < -0.4 is 10.4 Å². The molecule has 0 saturated heterocycles. The Labute approximate surface area is 203 Å². The maximum atomic E-state index is 4.93. The third kappa shape index (κ3) is 5.36. The summed E-state index contributed by atoms with van der Waals surface area (Å²) in [6, 6.07) is 24.0. The van der Waals surface area contributed by atoms with Crippen molar-refractivity contribution in [3.05, 3.63) is 102 Å². The van der Waals surface area contributed by atoms with Crippen LogP contribution in [0.15, 0.2) is 79.9 Å². The Hall–Kier alpha value is -2.50. The number of hydrogen-bond donors (Lipinski definition) is 0. The first-order chi connectivity index (χ1) is 15.2. The van der Waals surface area contributed by atoms with Crippen molar-refractivity contribution < 1.29 is 0 Å². The second-order valence-electron chi connectivity index (χ2n) is 11.6. The van der Waals surface area contributed by atoms with Gasteiger partial charge >= 0.3 is 0 Å². The zero-order valence-electron chi connectivity index (χ0n) is 21.7. The number of benzene rings is 2. The van der Waals surface area contributed by atoms with Crippen LogP contribution in [0.1, 0.15) is 43.3 Å². The minimum Gasteiger partial charge on any atom is -0.248 e. The Kier molecular flexibility index (Phi) is 6.88. The lowest BCUT2D eigenvalue weighted by molar-refractivity contribution is 0.729. The molecule has 1 heterocycles. The molecule has 2 aromatic carbocycles. The van der Waals surface area contributed by atoms with Gasteiger partial charge in [-0.2, -0.15) is 0 Å². The van der Waals surface area contributed by atoms with Crippen molar-refractivity contribution >= 4 is 37.7 Å². The quantitative estimate of drug-likeness (QED) is 0.341. The molecule has 0 aliphatic carbocycles. The number of rotatable bonds is 6. The van der Waals surface area contributed by atoms with Crippen molar-refractivity contribution in [3.63, 3.8) is 0 Å². The topological polar surface area (TPSA) is 12.9 Å². The highest BCUT2D eigenvalue weighted by atomic mass is 28.3. The largest absolute Gasteiger partial charge is 0.248 e. The van der Waals surface area contributed by atoms with Crippen molar-refractivity contribution in [2.45, 2.75) is 58.5 Å². The van der Waals surface area contributed by atoms with Crippen LogP contribution in [0.4, 0.5) is 0 Å². The zero-order chi connectivity index (χ0) is 24.6. The molecule has 3 aromatic rings. The van der Waals surface area contributed by atoms with E-state index in [2.05, 4.69) is 121 Å². The first-order valence-corrected chi connectivity index (χ1v) is 18.3. The van der Waals surface area contributed by atoms with Gasteiger partial charge in [-0.3, -0.25) is 0 Å². The molecule has 1 nitrogen and oxygen atoms in total. The molecule has 0 atom stereocenters. The zero-order valence-corrected chi connectivity index (χ0v) is 23.7. The van der Waals surface area contributed by atoms with E-state index in [0.717, 1.165) is 33.7 Å². The molecule has 0 aliphatic rings. The molecule has 0 radical (unpaired) electrons. The second-order valence-corrected chi connectivity index (χ2v) is 22.0. The number of pyridine rings is 1. The first kappa shape index (κ1) is 25.1. The summed E-state index contributed by atoms with van der Waals surface area (Å²) in [6.45, 7) is 27.8. The van der Waals surface area contributed by atoms with Crippen molar-refractivity contribution in [1.82, 2.24) is 4.98 Å². The Bertz CT molecular complexity index is 1160. The van der Waals surface area contributed by atoms with Crippen LogP contribution in [-0.4, -0.2) is 21.1 Å². The Morgan fingerprint density at radius 3 is 1.39 bits per heavy atom. The summed E-state index contributed by atoms with van der Waals surface area (Å²) in [5.41, 5.74) is 5.92. The minimum absolute atomic E-state index is 0.315. The third-order valence-electron chi connectivity index (χ3n) is 7.30. The summed E-state index contributed by atoms with van der Waals surface area (Å²) in [5, 5.41) is 3.24. The maximum Gasteiger partial charge on any atom is 0.0859 e. The molecule has 33 heavy (non-hydrogen) atoms. The molecule has 0 N–H and O–H groups in total. The first-order valence-electron chi connectivity index (χ1n) is 11.8. The van der Waals surface area contributed by atoms with E-state index in [1.165, 1.54) is 10.4 Å². The number of hydrogen-bond acceptors (Lipinski definition) is 1. The Balaban J connectivity index is 1.84. The Morgan fingerprint density at radius 2 is 1.03 bits per heavy atom. The fraction of sp³-hybridized carbons (Fsp3) is 0.300. The third-order valence-corrected chi connectivity index (χ3v) is 14.9. The van der Waals surface area contributed by atoms with Gasteiger partial charge < -0.3 is 0 Å². The lowest BCUT2D eigenvalue weighted by Crippen LogP contribution is -2.49. The maximum absolute atomic E-state index is 4.93. The van der Waals surface area contributed by atoms with Gasteiger partial charge in [-0.15, -0.1) is 0 Å². The average molecular weight is 470 g/mol. The fourth-order valence-corrected chi connectivity index (χ4v) is 6.79. The smallest absolute Gasteiger partial charge is 0.0859 e. The normalized spacial score (nSPS) is 12.5. The molecule has 1 aromatic heterocycles. The van der Waals surface area contributed by atoms with Gasteiger partial charge in [0, 0.05) is 11.1 Å². The van der Waals surface area contributed by atoms with Crippen molar-refractivity contribution in [3.8, 4) is 0 Å². The van der Waals surface area contributed by atoms with E-state index in [1.807, 2.05) is 12.1 Å². The van der Waals surface area contributed by atoms with E-state index >= 15 is 0 Å². The van der Waals surface area contributed by atoms with Gasteiger partial charge in [0.2, 0.25) is 0 Å². The van der Waals surface area contributed by atoms with Crippen LogP contribution in [0.3, 0.4) is 0 Å². The molecule has 0 bridgehead atoms. The van der Waals surface area contributed by atoms with E-state index in [-0.39, 0.29) is 0 Å². The lowest BCUT2D eigenvalue weighted by atomic mass is 10.0. The van der Waals surface area contributed by atoms with Gasteiger partial charge in [-0.05, 0) is 28.3 Å². The van der Waals surface area contributed by atoms with E-state index < -0.39 is 16.1 Å². The highest BCUT2D eigenvalue weighted by Crippen LogP contribution is 2.35. The average Bonchev–Trinajstić information content (AvgIpc) is 2.77. The van der Waals surface area contributed by atoms with E-state index in [0.29, 0.717) is 5.04 Å². The highest BCUT2D eigenvalue weighted by molar-refractivity contribution is 6.92. The van der Waals surface area contributed by atoms with Crippen molar-refractivity contribution in [1.29, 1.82) is 0 Å². The Morgan fingerprint density at radius 1 is 0.636 bits per heavy atom. The van der Waals surface area contributed by atoms with Gasteiger partial charge in [-0.25, -0.2) is 4.98 Å². The van der Waals surface area contributed by atoms with Crippen LogP contribution >= 0.6 is 0 Å². The summed E-state index contributed by atoms with van der Waals surface area (Å²) in [6.07, 6.45) is 0. The minimum atomic E-state index is -1.55. The molecule has 0 aliphatic heterocycles. The van der Waals surface area contributed by atoms with Gasteiger partial charge in [-0.1, -0.05) is 132 Å². The van der Waals surface area contributed by atoms with Crippen LogP contribution in [0.5, 0.6) is 0 Å². The summed E-state index contributed by atoms with van der Waals surface area (Å²) < 4.78 is 0. The van der Waals surface area contributed by atoms with Crippen molar-refractivity contribution in [2.75, 3.05) is 0 Å². The van der Waals surface area contributed by atoms with E-state index in [4.69, 9.17) is 4.98 Å². The molecule has 0 fully saturated rings. The summed E-state index contributed by atoms with van der Waals surface area (Å²) >= 11 is 0. The van der Waals surface area contributed by atoms with E-state index in [1.54, 1.807) is 0 Å². The molecular formula is C30H39NSi2. The molecular weight excluding hydrogens is 431 g/mol. The van der Waals surface area contributed by atoms with Crippen LogP contribution in [-0.2, 0) is 0 Å². The standard InChI is InChI=1S/C30H39NSi2/c1-22(24-14-18-26(19-15-24)32(6,7)8)28-12-11-13-29(31-28)23(2)25-16-20-27(21-17-25)33(9,10)30(3,4)5/h11-21H,1-2H2,3-10H3. The second kappa shape index (κ2) is 9.04. The summed E-state index contributed by atoms with van der Waals surface area (Å²) in [5.74, 6) is 0. The fourth-order valence-electron chi connectivity index (χ4n) is 3.76. The van der Waals surface area contributed by atoms with Crippen LogP contribution in [0.2, 0.25) is 37.8 Å². The highest BCUT2D eigenvalue weighted by Gasteiger charge is 2.36. The predicted molar refractivity (Wildman–Crippen MR) is 153 cm³/mol. The van der Waals surface area contributed by atoms with Gasteiger partial charge in [0.05, 0.1) is 27.5 Å². The van der Waals surface area contributed by atoms with Gasteiger partial charge in [0.25, 0.3) is 0 Å². The molecule has 172 valence electrons. The van der Waals surface area contributed by atoms with Crippen LogP contribution in [0, 0.1) is 0 Å². The summed E-state index contributed by atoms with van der Waals surface area (Å²) in [7, 11) is -2.86. The molecule has 0 saturated carbocycles. The monoisotopic (exact) mass is 469 g/mol. The molecule has 0 unspecified atom stereocenters. The number of nitrogens with zero attached hydrogens (tertiary/aromatic N) is 1. The molecule has 0 amide bonds. The van der Waals surface area contributed by atoms with Crippen molar-refractivity contribution in [2.24, 2.45) is 0 Å². The van der Waals surface area contributed by atoms with Crippen LogP contribution in [0.25, 0.3) is 11.1 Å². The number of aromatic nitrogens is 1. The van der Waals surface area contributed by atoms with Gasteiger partial charge in [0.15, 0.2) is 0 Å². The summed E-state index contributed by atoms with van der Waals surface area (Å²) in [4.78, 5) is 4.93. The molecule has 3 rings (SSSR count). The predicted octanol–water partition coefficient (Wildman–Crippen LogP) is 7.47. The SMILES string of the molecule is C=C(c1ccc([Si](C)(C)C)cc1)c1cccc(C(=C)c2ccc([Si](C)(C)C(C)(C)C)cc2)n1. The lowest BCUT2D eigenvalue weighted by Gasteiger charge is -2.37.